The van der Waals surface area contributed by atoms with E-state index in [0.29, 0.717) is 11.4 Å². The summed E-state index contributed by atoms with van der Waals surface area (Å²) in [4.78, 5) is 19.6. The topological polar surface area (TPSA) is 107 Å². The van der Waals surface area contributed by atoms with Crippen LogP contribution < -0.4 is 11.3 Å². The van der Waals surface area contributed by atoms with Gasteiger partial charge in [-0.05, 0) is 37.8 Å². The van der Waals surface area contributed by atoms with Gasteiger partial charge < -0.3 is 10.7 Å². The molecule has 1 fully saturated rings. The smallest absolute Gasteiger partial charge is 0.259 e. The lowest BCUT2D eigenvalue weighted by Gasteiger charge is -2.25. The summed E-state index contributed by atoms with van der Waals surface area (Å²) in [6.45, 7) is 0. The van der Waals surface area contributed by atoms with E-state index < -0.39 is 0 Å². The Morgan fingerprint density at radius 2 is 2.04 bits per heavy atom. The molecule has 8 heteroatoms. The van der Waals surface area contributed by atoms with Crippen molar-refractivity contribution < 1.29 is 0 Å². The van der Waals surface area contributed by atoms with E-state index in [-0.39, 0.29) is 17.5 Å². The molecule has 0 saturated heterocycles. The summed E-state index contributed by atoms with van der Waals surface area (Å²) in [6, 6.07) is 5.68. The van der Waals surface area contributed by atoms with E-state index in [2.05, 4.69) is 15.2 Å². The first-order chi connectivity index (χ1) is 12.1. The Morgan fingerprint density at radius 3 is 2.72 bits per heavy atom. The quantitative estimate of drug-likeness (QED) is 0.749. The molecule has 1 saturated carbocycles. The van der Waals surface area contributed by atoms with Crippen molar-refractivity contribution in [3.63, 3.8) is 0 Å². The summed E-state index contributed by atoms with van der Waals surface area (Å²) in [7, 11) is 1.87. The summed E-state index contributed by atoms with van der Waals surface area (Å²) in [6.07, 6.45) is 7.24. The van der Waals surface area contributed by atoms with Crippen LogP contribution >= 0.6 is 0 Å². The number of pyridine rings is 1. The Bertz CT molecular complexity index is 930. The Balaban J connectivity index is 1.83. The average molecular weight is 339 g/mol. The molecule has 0 atom stereocenters. The first-order valence-corrected chi connectivity index (χ1v) is 8.52. The second-order valence-electron chi connectivity index (χ2n) is 6.54. The lowest BCUT2D eigenvalue weighted by Crippen LogP contribution is -2.27. The standard InChI is InChI=1S/C17H21N7O/c1-23-14(8-10-20-23)24-16(11-4-6-12(18)7-5-11)21-15(22-24)13-3-2-9-19-17(13)25/h2-3,8-12H,4-7,18H2,1H3,(H,19,25). The van der Waals surface area contributed by atoms with Crippen LogP contribution in [0.4, 0.5) is 0 Å². The maximum absolute atomic E-state index is 12.1. The third-order valence-electron chi connectivity index (χ3n) is 4.84. The van der Waals surface area contributed by atoms with Crippen LogP contribution in [0.25, 0.3) is 17.2 Å². The highest BCUT2D eigenvalue weighted by atomic mass is 16.1. The fourth-order valence-corrected chi connectivity index (χ4v) is 3.42. The summed E-state index contributed by atoms with van der Waals surface area (Å²) >= 11 is 0. The number of nitrogens with zero attached hydrogens (tertiary/aromatic N) is 5. The van der Waals surface area contributed by atoms with Gasteiger partial charge in [-0.25, -0.2) is 4.98 Å². The molecule has 3 heterocycles. The molecule has 0 radical (unpaired) electrons. The van der Waals surface area contributed by atoms with Crippen LogP contribution in [0.3, 0.4) is 0 Å². The second-order valence-corrected chi connectivity index (χ2v) is 6.54. The lowest BCUT2D eigenvalue weighted by atomic mass is 9.86. The van der Waals surface area contributed by atoms with Gasteiger partial charge >= 0.3 is 0 Å². The molecule has 0 bridgehead atoms. The number of nitrogens with one attached hydrogen (secondary N) is 1. The Morgan fingerprint density at radius 1 is 1.24 bits per heavy atom. The molecule has 0 spiro atoms. The van der Waals surface area contributed by atoms with Crippen LogP contribution in [-0.4, -0.2) is 35.6 Å². The molecule has 1 aliphatic carbocycles. The second kappa shape index (κ2) is 6.29. The Kier molecular flexibility index (Phi) is 3.96. The van der Waals surface area contributed by atoms with Gasteiger partial charge in [0.2, 0.25) is 0 Å². The van der Waals surface area contributed by atoms with Gasteiger partial charge in [0.25, 0.3) is 5.56 Å². The minimum atomic E-state index is -0.193. The van der Waals surface area contributed by atoms with Crippen molar-refractivity contribution in [2.45, 2.75) is 37.6 Å². The number of rotatable bonds is 3. The predicted molar refractivity (Wildman–Crippen MR) is 93.4 cm³/mol. The van der Waals surface area contributed by atoms with Gasteiger partial charge in [0.05, 0.1) is 11.8 Å². The molecular formula is C17H21N7O. The summed E-state index contributed by atoms with van der Waals surface area (Å²) in [5.74, 6) is 2.41. The van der Waals surface area contributed by atoms with E-state index in [4.69, 9.17) is 10.7 Å². The van der Waals surface area contributed by atoms with Crippen molar-refractivity contribution in [3.8, 4) is 17.2 Å². The van der Waals surface area contributed by atoms with Crippen molar-refractivity contribution in [2.24, 2.45) is 12.8 Å². The maximum Gasteiger partial charge on any atom is 0.259 e. The third-order valence-corrected chi connectivity index (χ3v) is 4.84. The highest BCUT2D eigenvalue weighted by Crippen LogP contribution is 2.33. The maximum atomic E-state index is 12.1. The van der Waals surface area contributed by atoms with E-state index in [1.807, 2.05) is 17.8 Å². The van der Waals surface area contributed by atoms with Gasteiger partial charge in [-0.15, -0.1) is 5.10 Å². The van der Waals surface area contributed by atoms with Gasteiger partial charge in [0, 0.05) is 31.3 Å². The van der Waals surface area contributed by atoms with E-state index in [9.17, 15) is 4.79 Å². The first kappa shape index (κ1) is 15.8. The van der Waals surface area contributed by atoms with Gasteiger partial charge in [0.15, 0.2) is 11.6 Å². The zero-order valence-corrected chi connectivity index (χ0v) is 14.1. The van der Waals surface area contributed by atoms with Crippen molar-refractivity contribution in [3.05, 3.63) is 46.8 Å². The summed E-state index contributed by atoms with van der Waals surface area (Å²) in [5, 5.41) is 8.86. The number of nitrogens with two attached hydrogens (primary N) is 1. The van der Waals surface area contributed by atoms with E-state index in [1.165, 1.54) is 0 Å². The van der Waals surface area contributed by atoms with E-state index in [1.54, 1.807) is 29.2 Å². The van der Waals surface area contributed by atoms with Crippen molar-refractivity contribution in [1.29, 1.82) is 0 Å². The van der Waals surface area contributed by atoms with Crippen LogP contribution in [0, 0.1) is 0 Å². The van der Waals surface area contributed by atoms with Crippen LogP contribution in [0.5, 0.6) is 0 Å². The summed E-state index contributed by atoms with van der Waals surface area (Å²) < 4.78 is 3.57. The predicted octanol–water partition coefficient (Wildman–Crippen LogP) is 1.34. The fourth-order valence-electron chi connectivity index (χ4n) is 3.42. The number of hydrogen-bond acceptors (Lipinski definition) is 5. The minimum Gasteiger partial charge on any atom is -0.328 e. The van der Waals surface area contributed by atoms with Crippen LogP contribution in [0.1, 0.15) is 37.4 Å². The Labute approximate surface area is 144 Å². The van der Waals surface area contributed by atoms with Crippen molar-refractivity contribution in [1.82, 2.24) is 29.5 Å². The molecule has 4 rings (SSSR count). The van der Waals surface area contributed by atoms with E-state index in [0.717, 1.165) is 37.3 Å². The van der Waals surface area contributed by atoms with Crippen LogP contribution in [0.2, 0.25) is 0 Å². The number of aromatic amines is 1. The zero-order chi connectivity index (χ0) is 17.4. The lowest BCUT2D eigenvalue weighted by molar-refractivity contribution is 0.379. The molecule has 0 amide bonds. The van der Waals surface area contributed by atoms with Crippen LogP contribution in [-0.2, 0) is 7.05 Å². The molecule has 0 unspecified atom stereocenters. The van der Waals surface area contributed by atoms with Gasteiger partial charge in [0.1, 0.15) is 5.82 Å². The molecule has 3 N–H and O–H groups in total. The summed E-state index contributed by atoms with van der Waals surface area (Å²) in [5.41, 5.74) is 6.32. The monoisotopic (exact) mass is 339 g/mol. The molecule has 3 aromatic rings. The molecular weight excluding hydrogens is 318 g/mol. The highest BCUT2D eigenvalue weighted by Gasteiger charge is 2.27. The molecule has 0 aromatic carbocycles. The number of H-pyrrole nitrogens is 1. The molecule has 130 valence electrons. The molecule has 8 nitrogen and oxygen atoms in total. The van der Waals surface area contributed by atoms with Gasteiger partial charge in [-0.3, -0.25) is 9.48 Å². The molecule has 3 aromatic heterocycles. The van der Waals surface area contributed by atoms with Gasteiger partial charge in [-0.2, -0.15) is 9.78 Å². The average Bonchev–Trinajstić information content (AvgIpc) is 3.22. The molecule has 25 heavy (non-hydrogen) atoms. The fraction of sp³-hybridized carbons (Fsp3) is 0.412. The largest absolute Gasteiger partial charge is 0.328 e. The van der Waals surface area contributed by atoms with Crippen molar-refractivity contribution in [2.75, 3.05) is 0 Å². The van der Waals surface area contributed by atoms with Crippen LogP contribution in [0.15, 0.2) is 35.4 Å². The number of aryl methyl sites for hydroxylation is 1. The number of aromatic nitrogens is 6. The highest BCUT2D eigenvalue weighted by molar-refractivity contribution is 5.53. The van der Waals surface area contributed by atoms with E-state index >= 15 is 0 Å². The van der Waals surface area contributed by atoms with Crippen molar-refractivity contribution >= 4 is 0 Å². The minimum absolute atomic E-state index is 0.193. The number of hydrogen-bond donors (Lipinski definition) is 2. The molecule has 0 aliphatic heterocycles. The normalized spacial score (nSPS) is 20.7. The van der Waals surface area contributed by atoms with Gasteiger partial charge in [-0.1, -0.05) is 0 Å². The zero-order valence-electron chi connectivity index (χ0n) is 14.1. The third kappa shape index (κ3) is 2.89. The SMILES string of the molecule is Cn1nccc1-n1nc(-c2ccc[nH]c2=O)nc1C1CCC(N)CC1. The Hall–Kier alpha value is -2.74. The first-order valence-electron chi connectivity index (χ1n) is 8.52. The molecule has 1 aliphatic rings.